The molecule has 3 heterocycles. The van der Waals surface area contributed by atoms with Crippen LogP contribution in [0, 0.1) is 11.8 Å². The number of halogens is 3. The van der Waals surface area contributed by atoms with E-state index in [0.717, 1.165) is 12.8 Å². The normalized spacial score (nSPS) is 15.3. The van der Waals surface area contributed by atoms with Crippen molar-refractivity contribution >= 4 is 28.8 Å². The van der Waals surface area contributed by atoms with Crippen LogP contribution in [0.15, 0.2) is 58.7 Å². The molecule has 6 nitrogen and oxygen atoms in total. The number of hydrogen-bond donors (Lipinski definition) is 0. The second kappa shape index (κ2) is 13.6. The molecule has 1 aliphatic rings. The molecule has 0 spiro atoms. The number of pyridine rings is 1. The average molecular weight is 640 g/mol. The molecule has 4 aromatic rings. The molecule has 1 fully saturated rings. The van der Waals surface area contributed by atoms with E-state index in [1.54, 1.807) is 46.3 Å². The standard InChI is InChI=1S/C34H36ClF2N3O3S/c1-5-43-30-13-12-24(35)16-29(30)40-28(15-20(2)3)25(33(41)39-14-6-7-21(4)18-39)17-26(34(40)42)32-38-27(19-44-32)22-8-10-23(11-9-22)31(36)37/h8-13,16-17,19-21,31H,5-7,14-15,18H2,1-4H3/t21-/m0/s1. The summed E-state index contributed by atoms with van der Waals surface area (Å²) in [5.74, 6) is 0.865. The first-order valence-corrected chi connectivity index (χ1v) is 16.2. The van der Waals surface area contributed by atoms with Crippen molar-refractivity contribution in [3.63, 3.8) is 0 Å². The zero-order valence-electron chi connectivity index (χ0n) is 25.3. The number of carbonyl (C=O) groups excluding carboxylic acids is 1. The Morgan fingerprint density at radius 1 is 1.16 bits per heavy atom. The van der Waals surface area contributed by atoms with Gasteiger partial charge in [0, 0.05) is 40.3 Å². The molecule has 2 aromatic carbocycles. The van der Waals surface area contributed by atoms with Crippen LogP contribution in [0.2, 0.25) is 5.02 Å². The largest absolute Gasteiger partial charge is 0.492 e. The molecule has 0 N–H and O–H groups in total. The van der Waals surface area contributed by atoms with E-state index in [2.05, 4.69) is 6.92 Å². The van der Waals surface area contributed by atoms with Gasteiger partial charge in [-0.25, -0.2) is 13.8 Å². The molecule has 10 heteroatoms. The minimum absolute atomic E-state index is 0.0744. The number of alkyl halides is 2. The predicted molar refractivity (Wildman–Crippen MR) is 173 cm³/mol. The fraction of sp³-hybridized carbons (Fsp3) is 0.382. The number of amides is 1. The van der Waals surface area contributed by atoms with E-state index >= 15 is 0 Å². The molecular weight excluding hydrogens is 604 g/mol. The summed E-state index contributed by atoms with van der Waals surface area (Å²) < 4.78 is 33.8. The number of aromatic nitrogens is 2. The van der Waals surface area contributed by atoms with Crippen molar-refractivity contribution in [1.29, 1.82) is 0 Å². The number of hydrogen-bond acceptors (Lipinski definition) is 5. The van der Waals surface area contributed by atoms with Crippen LogP contribution in [-0.4, -0.2) is 40.1 Å². The third-order valence-electron chi connectivity index (χ3n) is 7.73. The van der Waals surface area contributed by atoms with Crippen LogP contribution in [0.1, 0.15) is 68.6 Å². The molecule has 0 aliphatic carbocycles. The van der Waals surface area contributed by atoms with E-state index in [4.69, 9.17) is 21.3 Å². The summed E-state index contributed by atoms with van der Waals surface area (Å²) in [5, 5.41) is 2.64. The third kappa shape index (κ3) is 6.74. The van der Waals surface area contributed by atoms with Gasteiger partial charge in [-0.15, -0.1) is 11.3 Å². The molecule has 0 radical (unpaired) electrons. The molecule has 0 saturated carbocycles. The Hall–Kier alpha value is -3.56. The van der Waals surface area contributed by atoms with Crippen LogP contribution in [0.5, 0.6) is 5.75 Å². The van der Waals surface area contributed by atoms with Gasteiger partial charge < -0.3 is 9.64 Å². The molecule has 1 atom stereocenters. The second-order valence-corrected chi connectivity index (χ2v) is 13.0. The number of thiazole rings is 1. The summed E-state index contributed by atoms with van der Waals surface area (Å²) in [6.07, 6.45) is -0.113. The molecule has 232 valence electrons. The molecule has 0 bridgehead atoms. The number of rotatable bonds is 9. The average Bonchev–Trinajstić information content (AvgIpc) is 3.48. The van der Waals surface area contributed by atoms with E-state index < -0.39 is 6.43 Å². The van der Waals surface area contributed by atoms with Crippen LogP contribution in [0.4, 0.5) is 8.78 Å². The van der Waals surface area contributed by atoms with Crippen LogP contribution in [-0.2, 0) is 6.42 Å². The quantitative estimate of drug-likeness (QED) is 0.184. The number of nitrogens with zero attached hydrogens (tertiary/aromatic N) is 3. The van der Waals surface area contributed by atoms with Gasteiger partial charge in [-0.1, -0.05) is 56.6 Å². The second-order valence-electron chi connectivity index (χ2n) is 11.7. The van der Waals surface area contributed by atoms with E-state index in [0.29, 0.717) is 76.0 Å². The molecule has 1 amide bonds. The fourth-order valence-corrected chi connectivity index (χ4v) is 6.65. The first-order valence-electron chi connectivity index (χ1n) is 14.9. The summed E-state index contributed by atoms with van der Waals surface area (Å²) in [4.78, 5) is 35.5. The predicted octanol–water partition coefficient (Wildman–Crippen LogP) is 8.69. The lowest BCUT2D eigenvalue weighted by Crippen LogP contribution is -2.40. The van der Waals surface area contributed by atoms with Crippen molar-refractivity contribution in [2.24, 2.45) is 11.8 Å². The molecule has 0 unspecified atom stereocenters. The van der Waals surface area contributed by atoms with Crippen molar-refractivity contribution in [2.75, 3.05) is 19.7 Å². The summed E-state index contributed by atoms with van der Waals surface area (Å²) in [7, 11) is 0. The molecule has 1 saturated heterocycles. The van der Waals surface area contributed by atoms with Gasteiger partial charge in [0.2, 0.25) is 0 Å². The van der Waals surface area contributed by atoms with Crippen LogP contribution in [0.25, 0.3) is 27.5 Å². The summed E-state index contributed by atoms with van der Waals surface area (Å²) in [6, 6.07) is 12.8. The first kappa shape index (κ1) is 31.9. The highest BCUT2D eigenvalue weighted by Crippen LogP contribution is 2.34. The lowest BCUT2D eigenvalue weighted by Gasteiger charge is -2.32. The highest BCUT2D eigenvalue weighted by molar-refractivity contribution is 7.13. The minimum Gasteiger partial charge on any atom is -0.492 e. The Morgan fingerprint density at radius 3 is 2.57 bits per heavy atom. The number of carbonyl (C=O) groups is 1. The highest BCUT2D eigenvalue weighted by Gasteiger charge is 2.29. The van der Waals surface area contributed by atoms with E-state index in [1.807, 2.05) is 25.7 Å². The molecule has 44 heavy (non-hydrogen) atoms. The monoisotopic (exact) mass is 639 g/mol. The maximum Gasteiger partial charge on any atom is 0.265 e. The Morgan fingerprint density at radius 2 is 1.91 bits per heavy atom. The van der Waals surface area contributed by atoms with Crippen LogP contribution < -0.4 is 10.3 Å². The van der Waals surface area contributed by atoms with Crippen molar-refractivity contribution < 1.29 is 18.3 Å². The van der Waals surface area contributed by atoms with E-state index in [9.17, 15) is 18.4 Å². The Bertz CT molecular complexity index is 1700. The molecule has 5 rings (SSSR count). The van der Waals surface area contributed by atoms with Gasteiger partial charge in [0.05, 0.1) is 29.1 Å². The van der Waals surface area contributed by atoms with Gasteiger partial charge in [-0.2, -0.15) is 0 Å². The zero-order valence-corrected chi connectivity index (χ0v) is 26.9. The summed E-state index contributed by atoms with van der Waals surface area (Å²) in [5.41, 5.74) is 2.56. The van der Waals surface area contributed by atoms with Crippen LogP contribution >= 0.6 is 22.9 Å². The van der Waals surface area contributed by atoms with Crippen molar-refractivity contribution in [1.82, 2.24) is 14.5 Å². The lowest BCUT2D eigenvalue weighted by atomic mass is 9.96. The number of ether oxygens (including phenoxy) is 1. The molecular formula is C34H36ClF2N3O3S. The number of piperidine rings is 1. The van der Waals surface area contributed by atoms with Gasteiger partial charge in [0.15, 0.2) is 0 Å². The third-order valence-corrected chi connectivity index (χ3v) is 8.84. The van der Waals surface area contributed by atoms with Crippen molar-refractivity contribution in [3.05, 3.63) is 86.1 Å². The van der Waals surface area contributed by atoms with Crippen molar-refractivity contribution in [2.45, 2.75) is 53.4 Å². The van der Waals surface area contributed by atoms with Gasteiger partial charge >= 0.3 is 0 Å². The Kier molecular flexibility index (Phi) is 9.85. The van der Waals surface area contributed by atoms with Gasteiger partial charge in [-0.05, 0) is 62.3 Å². The smallest absolute Gasteiger partial charge is 0.265 e. The summed E-state index contributed by atoms with van der Waals surface area (Å²) in [6.45, 7) is 9.78. The van der Waals surface area contributed by atoms with Gasteiger partial charge in [0.25, 0.3) is 17.9 Å². The van der Waals surface area contributed by atoms with Crippen molar-refractivity contribution in [3.8, 4) is 33.3 Å². The topological polar surface area (TPSA) is 64.4 Å². The van der Waals surface area contributed by atoms with Gasteiger partial charge in [0.1, 0.15) is 10.8 Å². The summed E-state index contributed by atoms with van der Waals surface area (Å²) >= 11 is 7.74. The highest BCUT2D eigenvalue weighted by atomic mass is 35.5. The Balaban J connectivity index is 1.74. The minimum atomic E-state index is -2.57. The van der Waals surface area contributed by atoms with Gasteiger partial charge in [-0.3, -0.25) is 14.2 Å². The number of benzene rings is 2. The first-order chi connectivity index (χ1) is 21.1. The van der Waals surface area contributed by atoms with E-state index in [1.165, 1.54) is 23.5 Å². The SMILES string of the molecule is CCOc1ccc(Cl)cc1-n1c(CC(C)C)c(C(=O)N2CCC[C@H](C)C2)cc(-c2nc(-c3ccc(C(F)F)cc3)cs2)c1=O. The Labute approximate surface area is 265 Å². The fourth-order valence-electron chi connectivity index (χ4n) is 5.65. The number of likely N-dealkylation sites (tertiary alicyclic amines) is 1. The van der Waals surface area contributed by atoms with Crippen LogP contribution in [0.3, 0.4) is 0 Å². The maximum atomic E-state index is 14.5. The molecule has 2 aromatic heterocycles. The molecule has 1 aliphatic heterocycles. The lowest BCUT2D eigenvalue weighted by molar-refractivity contribution is 0.0680. The maximum absolute atomic E-state index is 14.5. The van der Waals surface area contributed by atoms with E-state index in [-0.39, 0.29) is 28.5 Å². The zero-order chi connectivity index (χ0) is 31.5.